The molecule has 0 radical (unpaired) electrons. The van der Waals surface area contributed by atoms with Crippen molar-refractivity contribution < 1.29 is 19.3 Å². The predicted molar refractivity (Wildman–Crippen MR) is 133 cm³/mol. The number of rotatable bonds is 6. The van der Waals surface area contributed by atoms with Crippen LogP contribution in [0.2, 0.25) is 0 Å². The Morgan fingerprint density at radius 1 is 1.23 bits per heavy atom. The highest BCUT2D eigenvalue weighted by atomic mass is 79.9. The first-order valence-electron chi connectivity index (χ1n) is 11.2. The SMILES string of the molecule is COC[C@]1(CCc2ccc3cc(Br)c(N)nc3c2)C[C@@H](c2cc(F)c3c(N)ncnn23)[C@H](O)[C@@H]1O. The Labute approximate surface area is 209 Å². The van der Waals surface area contributed by atoms with Crippen LogP contribution < -0.4 is 11.5 Å². The fourth-order valence-electron chi connectivity index (χ4n) is 5.36. The predicted octanol–water partition coefficient (Wildman–Crippen LogP) is 2.82. The maximum Gasteiger partial charge on any atom is 0.154 e. The van der Waals surface area contributed by atoms with Gasteiger partial charge in [0.05, 0.1) is 34.5 Å². The lowest BCUT2D eigenvalue weighted by Crippen LogP contribution is -2.40. The van der Waals surface area contributed by atoms with Crippen molar-refractivity contribution in [1.29, 1.82) is 0 Å². The summed E-state index contributed by atoms with van der Waals surface area (Å²) >= 11 is 3.40. The molecule has 0 unspecified atom stereocenters. The van der Waals surface area contributed by atoms with Gasteiger partial charge in [-0.3, -0.25) is 0 Å². The summed E-state index contributed by atoms with van der Waals surface area (Å²) in [5.41, 5.74) is 13.3. The van der Waals surface area contributed by atoms with E-state index in [0.29, 0.717) is 30.8 Å². The van der Waals surface area contributed by atoms with Gasteiger partial charge in [0.2, 0.25) is 0 Å². The van der Waals surface area contributed by atoms with E-state index in [9.17, 15) is 14.6 Å². The molecule has 0 spiro atoms. The summed E-state index contributed by atoms with van der Waals surface area (Å²) in [4.78, 5) is 8.30. The van der Waals surface area contributed by atoms with Crippen LogP contribution >= 0.6 is 15.9 Å². The van der Waals surface area contributed by atoms with Crippen molar-refractivity contribution in [2.24, 2.45) is 5.41 Å². The molecule has 4 aromatic rings. The molecule has 0 saturated heterocycles. The van der Waals surface area contributed by atoms with Crippen molar-refractivity contribution in [1.82, 2.24) is 19.6 Å². The topological polar surface area (TPSA) is 145 Å². The summed E-state index contributed by atoms with van der Waals surface area (Å²) < 4.78 is 22.3. The summed E-state index contributed by atoms with van der Waals surface area (Å²) in [6.07, 6.45) is 0.566. The van der Waals surface area contributed by atoms with E-state index in [1.807, 2.05) is 24.3 Å². The van der Waals surface area contributed by atoms with Gasteiger partial charge in [-0.2, -0.15) is 5.10 Å². The molecule has 5 rings (SSSR count). The number of aryl methyl sites for hydroxylation is 1. The molecule has 1 aliphatic rings. The van der Waals surface area contributed by atoms with Gasteiger partial charge in [-0.15, -0.1) is 0 Å². The lowest BCUT2D eigenvalue weighted by atomic mass is 9.78. The Kier molecular flexibility index (Phi) is 6.12. The summed E-state index contributed by atoms with van der Waals surface area (Å²) in [7, 11) is 1.56. The lowest BCUT2D eigenvalue weighted by molar-refractivity contribution is -0.0585. The summed E-state index contributed by atoms with van der Waals surface area (Å²) in [6.45, 7) is 0.233. The quantitative estimate of drug-likeness (QED) is 0.290. The number of aliphatic hydroxyl groups excluding tert-OH is 2. The number of nitrogens with zero attached hydrogens (tertiary/aromatic N) is 4. The second-order valence-corrected chi connectivity index (χ2v) is 10.1. The smallest absolute Gasteiger partial charge is 0.154 e. The van der Waals surface area contributed by atoms with Crippen LogP contribution in [-0.4, -0.2) is 55.7 Å². The average Bonchev–Trinajstić information content (AvgIpc) is 3.29. The molecule has 9 nitrogen and oxygen atoms in total. The first-order chi connectivity index (χ1) is 16.7. The van der Waals surface area contributed by atoms with E-state index in [1.165, 1.54) is 16.9 Å². The third-order valence-electron chi connectivity index (χ3n) is 7.14. The van der Waals surface area contributed by atoms with Crippen LogP contribution in [0.1, 0.15) is 30.0 Å². The standard InChI is InChI=1S/C24H26BrFN6O3/c1-35-10-24(5-4-12-2-3-13-7-15(25)22(27)31-17(13)6-12)9-14(20(33)21(24)34)18-8-16(26)19-23(28)29-11-30-32(18)19/h2-3,6-8,11,14,20-21,33-34H,4-5,9-10H2,1H3,(H2,27,31)(H2,28,29,30)/t14-,20-,21-,24-/m0/s1. The van der Waals surface area contributed by atoms with Crippen LogP contribution in [0.5, 0.6) is 0 Å². The van der Waals surface area contributed by atoms with Crippen LogP contribution in [0.4, 0.5) is 16.0 Å². The van der Waals surface area contributed by atoms with Gasteiger partial charge in [-0.05, 0) is 59.0 Å². The molecule has 0 aliphatic heterocycles. The van der Waals surface area contributed by atoms with Crippen molar-refractivity contribution in [3.05, 3.63) is 58.2 Å². The Balaban J connectivity index is 1.45. The van der Waals surface area contributed by atoms with Crippen molar-refractivity contribution in [3.8, 4) is 0 Å². The summed E-state index contributed by atoms with van der Waals surface area (Å²) in [6, 6.07) is 9.20. The first-order valence-corrected chi connectivity index (χ1v) is 12.0. The van der Waals surface area contributed by atoms with E-state index in [1.54, 1.807) is 7.11 Å². The van der Waals surface area contributed by atoms with Crippen molar-refractivity contribution in [2.45, 2.75) is 37.4 Å². The van der Waals surface area contributed by atoms with Crippen molar-refractivity contribution in [3.63, 3.8) is 0 Å². The molecular formula is C24H26BrFN6O3. The largest absolute Gasteiger partial charge is 0.390 e. The first kappa shape index (κ1) is 23.9. The van der Waals surface area contributed by atoms with Gasteiger partial charge in [0.25, 0.3) is 0 Å². The number of ether oxygens (including phenoxy) is 1. The molecule has 3 aromatic heterocycles. The summed E-state index contributed by atoms with van der Waals surface area (Å²) in [5, 5.41) is 27.4. The molecule has 1 aromatic carbocycles. The second-order valence-electron chi connectivity index (χ2n) is 9.25. The number of pyridine rings is 1. The van der Waals surface area contributed by atoms with Crippen molar-refractivity contribution >= 4 is 44.0 Å². The van der Waals surface area contributed by atoms with Gasteiger partial charge in [-0.1, -0.05) is 12.1 Å². The van der Waals surface area contributed by atoms with Crippen molar-refractivity contribution in [2.75, 3.05) is 25.2 Å². The van der Waals surface area contributed by atoms with Gasteiger partial charge in [0.15, 0.2) is 11.6 Å². The maximum atomic E-state index is 14.7. The maximum absolute atomic E-state index is 14.7. The van der Waals surface area contributed by atoms with E-state index in [2.05, 4.69) is 31.0 Å². The Morgan fingerprint density at radius 2 is 2.03 bits per heavy atom. The zero-order chi connectivity index (χ0) is 24.9. The van der Waals surface area contributed by atoms with Crippen LogP contribution in [0, 0.1) is 11.2 Å². The minimum Gasteiger partial charge on any atom is -0.390 e. The monoisotopic (exact) mass is 544 g/mol. The highest BCUT2D eigenvalue weighted by Gasteiger charge is 2.53. The van der Waals surface area contributed by atoms with E-state index < -0.39 is 29.4 Å². The lowest BCUT2D eigenvalue weighted by Gasteiger charge is -2.32. The van der Waals surface area contributed by atoms with E-state index in [-0.39, 0.29) is 17.9 Å². The number of hydrogen-bond donors (Lipinski definition) is 4. The fraction of sp³-hybridized carbons (Fsp3) is 0.375. The van der Waals surface area contributed by atoms with Crippen LogP contribution in [0.3, 0.4) is 0 Å². The third-order valence-corrected chi connectivity index (χ3v) is 7.77. The molecule has 3 heterocycles. The number of aromatic nitrogens is 4. The number of anilines is 2. The molecule has 0 amide bonds. The minimum absolute atomic E-state index is 0.0116. The fourth-order valence-corrected chi connectivity index (χ4v) is 5.69. The zero-order valence-electron chi connectivity index (χ0n) is 19.0. The number of nitrogens with two attached hydrogens (primary N) is 2. The molecule has 184 valence electrons. The van der Waals surface area contributed by atoms with Crippen LogP contribution in [-0.2, 0) is 11.2 Å². The number of hydrogen-bond acceptors (Lipinski definition) is 8. The van der Waals surface area contributed by atoms with Gasteiger partial charge in [0, 0.05) is 23.8 Å². The van der Waals surface area contributed by atoms with E-state index in [0.717, 1.165) is 20.9 Å². The molecule has 6 N–H and O–H groups in total. The number of nitrogen functional groups attached to an aromatic ring is 2. The van der Waals surface area contributed by atoms with Gasteiger partial charge in [-0.25, -0.2) is 18.9 Å². The highest BCUT2D eigenvalue weighted by molar-refractivity contribution is 9.10. The Bertz CT molecular complexity index is 1420. The molecule has 35 heavy (non-hydrogen) atoms. The molecule has 1 aliphatic carbocycles. The Hall–Kier alpha value is -2.86. The van der Waals surface area contributed by atoms with Gasteiger partial charge >= 0.3 is 0 Å². The number of aliphatic hydroxyl groups is 2. The molecule has 1 fully saturated rings. The molecule has 0 bridgehead atoms. The normalized spacial score (nSPS) is 24.5. The minimum atomic E-state index is -1.13. The number of benzene rings is 1. The second kappa shape index (κ2) is 8.98. The van der Waals surface area contributed by atoms with Crippen LogP contribution in [0.15, 0.2) is 41.1 Å². The third kappa shape index (κ3) is 4.02. The molecular weight excluding hydrogens is 519 g/mol. The van der Waals surface area contributed by atoms with E-state index in [4.69, 9.17) is 16.2 Å². The number of fused-ring (bicyclic) bond motifs is 2. The summed E-state index contributed by atoms with van der Waals surface area (Å²) in [5.74, 6) is -0.711. The Morgan fingerprint density at radius 3 is 2.80 bits per heavy atom. The molecule has 1 saturated carbocycles. The number of halogens is 2. The molecule has 4 atom stereocenters. The van der Waals surface area contributed by atoms with Gasteiger partial charge in [0.1, 0.15) is 17.7 Å². The zero-order valence-corrected chi connectivity index (χ0v) is 20.6. The molecule has 11 heteroatoms. The van der Waals surface area contributed by atoms with E-state index >= 15 is 0 Å². The van der Waals surface area contributed by atoms with Crippen LogP contribution in [0.25, 0.3) is 16.4 Å². The highest BCUT2D eigenvalue weighted by Crippen LogP contribution is 2.50. The average molecular weight is 545 g/mol. The van der Waals surface area contributed by atoms with Gasteiger partial charge < -0.3 is 26.4 Å². The number of methoxy groups -OCH3 is 1.